The van der Waals surface area contributed by atoms with Crippen LogP contribution in [0.2, 0.25) is 0 Å². The molecular formula is C19H32O5. The summed E-state index contributed by atoms with van der Waals surface area (Å²) in [4.78, 5) is 24.1. The van der Waals surface area contributed by atoms with E-state index in [9.17, 15) is 14.7 Å². The number of hydrogen-bond donors (Lipinski definition) is 1. The lowest BCUT2D eigenvalue weighted by molar-refractivity contribution is -0.167. The van der Waals surface area contributed by atoms with Gasteiger partial charge in [-0.1, -0.05) is 47.1 Å². The van der Waals surface area contributed by atoms with E-state index >= 15 is 0 Å². The maximum absolute atomic E-state index is 12.2. The normalized spacial score (nSPS) is 22.7. The Labute approximate surface area is 145 Å². The minimum absolute atomic E-state index is 0.0968. The lowest BCUT2D eigenvalue weighted by Crippen LogP contribution is -2.39. The highest BCUT2D eigenvalue weighted by Gasteiger charge is 2.44. The molecule has 138 valence electrons. The predicted octanol–water partition coefficient (Wildman–Crippen LogP) is 3.25. The third-order valence-electron chi connectivity index (χ3n) is 4.66. The van der Waals surface area contributed by atoms with E-state index in [1.54, 1.807) is 0 Å². The molecule has 0 aromatic rings. The molecule has 1 N–H and O–H groups in total. The number of esters is 2. The van der Waals surface area contributed by atoms with Gasteiger partial charge in [-0.25, -0.2) is 4.79 Å². The molecule has 1 heterocycles. The van der Waals surface area contributed by atoms with Crippen LogP contribution >= 0.6 is 0 Å². The van der Waals surface area contributed by atoms with E-state index in [-0.39, 0.29) is 31.5 Å². The van der Waals surface area contributed by atoms with Gasteiger partial charge in [0.2, 0.25) is 0 Å². The summed E-state index contributed by atoms with van der Waals surface area (Å²) >= 11 is 0. The Morgan fingerprint density at radius 2 is 1.96 bits per heavy atom. The summed E-state index contributed by atoms with van der Waals surface area (Å²) in [7, 11) is 0. The molecule has 0 aliphatic carbocycles. The molecule has 0 aromatic heterocycles. The largest absolute Gasteiger partial charge is 0.461 e. The standard InChI is InChI=1S/C19H32O5/c1-6-7-8-15-10-19(11-20,24-18(15)22)12-23-17(21)9-16(13(2)3)14(4)5/h8,13-14,16,20H,6-7,9-12H2,1-5H3/b15-8-. The fourth-order valence-electron chi connectivity index (χ4n) is 3.11. The molecule has 0 radical (unpaired) electrons. The number of hydrogen-bond acceptors (Lipinski definition) is 5. The molecule has 1 fully saturated rings. The van der Waals surface area contributed by atoms with E-state index in [2.05, 4.69) is 27.7 Å². The monoisotopic (exact) mass is 340 g/mol. The van der Waals surface area contributed by atoms with Gasteiger partial charge in [0.1, 0.15) is 6.61 Å². The fraction of sp³-hybridized carbons (Fsp3) is 0.789. The number of ether oxygens (including phenoxy) is 2. The first-order valence-corrected chi connectivity index (χ1v) is 8.93. The maximum atomic E-state index is 12.2. The van der Waals surface area contributed by atoms with Crippen molar-refractivity contribution in [2.75, 3.05) is 13.2 Å². The van der Waals surface area contributed by atoms with Crippen molar-refractivity contribution in [1.29, 1.82) is 0 Å². The van der Waals surface area contributed by atoms with Gasteiger partial charge in [-0.15, -0.1) is 0 Å². The zero-order valence-electron chi connectivity index (χ0n) is 15.6. The SMILES string of the molecule is CCC/C=C1/CC(CO)(COC(=O)CC(C(C)C)C(C)C)OC1=O. The average molecular weight is 340 g/mol. The van der Waals surface area contributed by atoms with Gasteiger partial charge in [0.05, 0.1) is 6.61 Å². The third kappa shape index (κ3) is 5.62. The zero-order chi connectivity index (χ0) is 18.3. The topological polar surface area (TPSA) is 72.8 Å². The van der Waals surface area contributed by atoms with Crippen LogP contribution < -0.4 is 0 Å². The van der Waals surface area contributed by atoms with Gasteiger partial charge in [-0.3, -0.25) is 4.79 Å². The summed E-state index contributed by atoms with van der Waals surface area (Å²) in [5, 5.41) is 9.65. The van der Waals surface area contributed by atoms with E-state index in [4.69, 9.17) is 9.47 Å². The Balaban J connectivity index is 2.64. The summed E-state index contributed by atoms with van der Waals surface area (Å²) in [6.07, 6.45) is 4.19. The summed E-state index contributed by atoms with van der Waals surface area (Å²) in [6, 6.07) is 0. The number of carbonyl (C=O) groups excluding carboxylic acids is 2. The molecule has 0 bridgehead atoms. The van der Waals surface area contributed by atoms with Gasteiger partial charge in [0.15, 0.2) is 5.60 Å². The quantitative estimate of drug-likeness (QED) is 0.515. The number of aliphatic hydroxyl groups excluding tert-OH is 1. The average Bonchev–Trinajstić information content (AvgIpc) is 2.84. The van der Waals surface area contributed by atoms with E-state index < -0.39 is 11.6 Å². The lowest BCUT2D eigenvalue weighted by Gasteiger charge is -2.26. The molecular weight excluding hydrogens is 308 g/mol. The molecule has 1 aliphatic rings. The van der Waals surface area contributed by atoms with Crippen LogP contribution in [0.3, 0.4) is 0 Å². The first kappa shape index (κ1) is 20.7. The third-order valence-corrected chi connectivity index (χ3v) is 4.66. The Kier molecular flexibility index (Phi) is 7.94. The minimum atomic E-state index is -1.13. The Morgan fingerprint density at radius 3 is 2.46 bits per heavy atom. The second-order valence-corrected chi connectivity index (χ2v) is 7.44. The van der Waals surface area contributed by atoms with Crippen molar-refractivity contribution in [2.45, 2.75) is 65.9 Å². The van der Waals surface area contributed by atoms with Gasteiger partial charge < -0.3 is 14.6 Å². The number of cyclic esters (lactones) is 1. The van der Waals surface area contributed by atoms with Crippen LogP contribution in [0.25, 0.3) is 0 Å². The van der Waals surface area contributed by atoms with Crippen molar-refractivity contribution in [2.24, 2.45) is 17.8 Å². The molecule has 24 heavy (non-hydrogen) atoms. The second-order valence-electron chi connectivity index (χ2n) is 7.44. The summed E-state index contributed by atoms with van der Waals surface area (Å²) < 4.78 is 10.7. The number of carbonyl (C=O) groups is 2. The Hall–Kier alpha value is -1.36. The molecule has 1 rings (SSSR count). The van der Waals surface area contributed by atoms with Crippen LogP contribution in [0.5, 0.6) is 0 Å². The molecule has 1 atom stereocenters. The van der Waals surface area contributed by atoms with Gasteiger partial charge in [0.25, 0.3) is 0 Å². The molecule has 5 nitrogen and oxygen atoms in total. The van der Waals surface area contributed by atoms with Crippen LogP contribution in [0, 0.1) is 17.8 Å². The smallest absolute Gasteiger partial charge is 0.334 e. The molecule has 1 saturated heterocycles. The summed E-state index contributed by atoms with van der Waals surface area (Å²) in [5.74, 6) is 0.288. The van der Waals surface area contributed by atoms with Crippen molar-refractivity contribution in [3.05, 3.63) is 11.6 Å². The van der Waals surface area contributed by atoms with E-state index in [0.717, 1.165) is 12.8 Å². The Morgan fingerprint density at radius 1 is 1.33 bits per heavy atom. The predicted molar refractivity (Wildman–Crippen MR) is 92.3 cm³/mol. The highest BCUT2D eigenvalue weighted by Crippen LogP contribution is 2.32. The zero-order valence-corrected chi connectivity index (χ0v) is 15.6. The molecule has 0 spiro atoms. The van der Waals surface area contributed by atoms with Crippen LogP contribution in [-0.4, -0.2) is 35.9 Å². The number of rotatable bonds is 9. The van der Waals surface area contributed by atoms with Gasteiger partial charge >= 0.3 is 11.9 Å². The van der Waals surface area contributed by atoms with E-state index in [0.29, 0.717) is 23.8 Å². The molecule has 1 aliphatic heterocycles. The van der Waals surface area contributed by atoms with Crippen LogP contribution in [-0.2, 0) is 19.1 Å². The van der Waals surface area contributed by atoms with Gasteiger partial charge in [-0.2, -0.15) is 0 Å². The summed E-state index contributed by atoms with van der Waals surface area (Å²) in [6.45, 7) is 9.95. The Bertz CT molecular complexity index is 458. The van der Waals surface area contributed by atoms with Gasteiger partial charge in [-0.05, 0) is 24.2 Å². The lowest BCUT2D eigenvalue weighted by atomic mass is 9.83. The van der Waals surface area contributed by atoms with Crippen molar-refractivity contribution < 1.29 is 24.2 Å². The van der Waals surface area contributed by atoms with Crippen LogP contribution in [0.4, 0.5) is 0 Å². The number of allylic oxidation sites excluding steroid dienone is 1. The number of aliphatic hydroxyl groups is 1. The number of unbranched alkanes of at least 4 members (excludes halogenated alkanes) is 1. The highest BCUT2D eigenvalue weighted by molar-refractivity contribution is 5.91. The van der Waals surface area contributed by atoms with Crippen molar-refractivity contribution in [3.63, 3.8) is 0 Å². The molecule has 0 aromatic carbocycles. The van der Waals surface area contributed by atoms with Crippen LogP contribution in [0.15, 0.2) is 11.6 Å². The second kappa shape index (κ2) is 9.21. The minimum Gasteiger partial charge on any atom is -0.461 e. The van der Waals surface area contributed by atoms with E-state index in [1.807, 2.05) is 13.0 Å². The first-order valence-electron chi connectivity index (χ1n) is 8.93. The first-order chi connectivity index (χ1) is 11.2. The van der Waals surface area contributed by atoms with E-state index in [1.165, 1.54) is 0 Å². The van der Waals surface area contributed by atoms with Crippen molar-refractivity contribution in [3.8, 4) is 0 Å². The highest BCUT2D eigenvalue weighted by atomic mass is 16.6. The molecule has 1 unspecified atom stereocenters. The fourth-order valence-corrected chi connectivity index (χ4v) is 3.11. The molecule has 5 heteroatoms. The van der Waals surface area contributed by atoms with Crippen molar-refractivity contribution >= 4 is 11.9 Å². The molecule has 0 saturated carbocycles. The maximum Gasteiger partial charge on any atom is 0.334 e. The summed E-state index contributed by atoms with van der Waals surface area (Å²) in [5.41, 5.74) is -0.568. The van der Waals surface area contributed by atoms with Gasteiger partial charge in [0, 0.05) is 18.4 Å². The molecule has 0 amide bonds. The van der Waals surface area contributed by atoms with Crippen LogP contribution in [0.1, 0.15) is 60.3 Å². The van der Waals surface area contributed by atoms with Crippen molar-refractivity contribution in [1.82, 2.24) is 0 Å².